The Morgan fingerprint density at radius 1 is 1.25 bits per heavy atom. The summed E-state index contributed by atoms with van der Waals surface area (Å²) in [7, 11) is 0. The normalized spacial score (nSPS) is 10.1. The lowest BCUT2D eigenvalue weighted by molar-refractivity contribution is -0.385. The fraction of sp³-hybridized carbons (Fsp3) is 0.0769. The van der Waals surface area contributed by atoms with E-state index in [0.717, 1.165) is 6.07 Å². The first-order valence-electron chi connectivity index (χ1n) is 5.71. The molecule has 1 heterocycles. The Bertz CT molecular complexity index is 661. The minimum atomic E-state index is -0.714. The maximum atomic E-state index is 12.9. The average molecular weight is 275 g/mol. The summed E-state index contributed by atoms with van der Waals surface area (Å²) in [4.78, 5) is 25.5. The van der Waals surface area contributed by atoms with E-state index in [1.54, 1.807) is 6.07 Å². The van der Waals surface area contributed by atoms with Crippen LogP contribution in [0.3, 0.4) is 0 Å². The third kappa shape index (κ3) is 3.35. The maximum absolute atomic E-state index is 12.9. The maximum Gasteiger partial charge on any atom is 0.273 e. The van der Waals surface area contributed by atoms with Crippen LogP contribution in [-0.4, -0.2) is 15.8 Å². The van der Waals surface area contributed by atoms with Crippen molar-refractivity contribution in [2.75, 3.05) is 5.32 Å². The van der Waals surface area contributed by atoms with Gasteiger partial charge in [0.15, 0.2) is 0 Å². The summed E-state index contributed by atoms with van der Waals surface area (Å²) in [6.45, 7) is 0. The standard InChI is InChI=1S/C13H10FN3O3/c14-11-6-3-7-12(15-11)16-13(18)8-9-4-1-2-5-10(9)17(19)20/h1-7H,8H2,(H,15,16,18). The topological polar surface area (TPSA) is 85.1 Å². The summed E-state index contributed by atoms with van der Waals surface area (Å²) in [6, 6.07) is 9.93. The molecule has 2 aromatic rings. The molecule has 2 rings (SSSR count). The number of nitrogens with one attached hydrogen (secondary N) is 1. The van der Waals surface area contributed by atoms with Gasteiger partial charge in [0.2, 0.25) is 11.9 Å². The molecule has 1 aromatic carbocycles. The smallest absolute Gasteiger partial charge is 0.273 e. The van der Waals surface area contributed by atoms with Crippen molar-refractivity contribution in [1.29, 1.82) is 0 Å². The zero-order valence-corrected chi connectivity index (χ0v) is 10.2. The number of nitro benzene ring substituents is 1. The molecule has 0 aliphatic heterocycles. The number of pyridine rings is 1. The van der Waals surface area contributed by atoms with Crippen molar-refractivity contribution in [2.45, 2.75) is 6.42 Å². The van der Waals surface area contributed by atoms with Crippen LogP contribution in [0.15, 0.2) is 42.5 Å². The van der Waals surface area contributed by atoms with Gasteiger partial charge in [-0.05, 0) is 12.1 Å². The molecule has 0 aliphatic carbocycles. The predicted octanol–water partition coefficient (Wildman–Crippen LogP) is 2.31. The highest BCUT2D eigenvalue weighted by Crippen LogP contribution is 2.18. The first kappa shape index (κ1) is 13.6. The lowest BCUT2D eigenvalue weighted by Gasteiger charge is -2.05. The molecule has 6 nitrogen and oxygen atoms in total. The fourth-order valence-electron chi connectivity index (χ4n) is 1.68. The third-order valence-corrected chi connectivity index (χ3v) is 2.52. The third-order valence-electron chi connectivity index (χ3n) is 2.52. The van der Waals surface area contributed by atoms with E-state index in [9.17, 15) is 19.3 Å². The Hall–Kier alpha value is -2.83. The molecule has 0 fully saturated rings. The largest absolute Gasteiger partial charge is 0.310 e. The number of hydrogen-bond acceptors (Lipinski definition) is 4. The fourth-order valence-corrected chi connectivity index (χ4v) is 1.68. The van der Waals surface area contributed by atoms with E-state index >= 15 is 0 Å². The number of para-hydroxylation sites is 1. The van der Waals surface area contributed by atoms with Crippen LogP contribution < -0.4 is 5.32 Å². The van der Waals surface area contributed by atoms with Crippen molar-refractivity contribution in [3.8, 4) is 0 Å². The van der Waals surface area contributed by atoms with E-state index < -0.39 is 16.8 Å². The number of carbonyl (C=O) groups excluding carboxylic acids is 1. The quantitative estimate of drug-likeness (QED) is 0.527. The molecule has 1 N–H and O–H groups in total. The minimum Gasteiger partial charge on any atom is -0.310 e. The van der Waals surface area contributed by atoms with E-state index in [-0.39, 0.29) is 23.5 Å². The number of anilines is 1. The van der Waals surface area contributed by atoms with Gasteiger partial charge in [0.1, 0.15) is 5.82 Å². The number of nitro groups is 1. The number of benzene rings is 1. The number of carbonyl (C=O) groups is 1. The second-order valence-corrected chi connectivity index (χ2v) is 3.96. The number of hydrogen-bond donors (Lipinski definition) is 1. The van der Waals surface area contributed by atoms with Crippen molar-refractivity contribution in [3.05, 3.63) is 64.1 Å². The van der Waals surface area contributed by atoms with Gasteiger partial charge >= 0.3 is 0 Å². The molecule has 0 saturated carbocycles. The Morgan fingerprint density at radius 2 is 2.00 bits per heavy atom. The molecule has 0 aliphatic rings. The Kier molecular flexibility index (Phi) is 3.99. The molecule has 0 spiro atoms. The molecule has 20 heavy (non-hydrogen) atoms. The SMILES string of the molecule is O=C(Cc1ccccc1[N+](=O)[O-])Nc1cccc(F)n1. The Balaban J connectivity index is 2.11. The highest BCUT2D eigenvalue weighted by molar-refractivity contribution is 5.91. The van der Waals surface area contributed by atoms with Crippen molar-refractivity contribution in [3.63, 3.8) is 0 Å². The van der Waals surface area contributed by atoms with Gasteiger partial charge in [-0.2, -0.15) is 4.39 Å². The van der Waals surface area contributed by atoms with Crippen LogP contribution in [0.25, 0.3) is 0 Å². The average Bonchev–Trinajstić information content (AvgIpc) is 2.38. The van der Waals surface area contributed by atoms with Gasteiger partial charge in [-0.1, -0.05) is 24.3 Å². The van der Waals surface area contributed by atoms with Crippen LogP contribution in [0.1, 0.15) is 5.56 Å². The van der Waals surface area contributed by atoms with Gasteiger partial charge in [-0.3, -0.25) is 14.9 Å². The molecule has 0 bridgehead atoms. The molecule has 0 saturated heterocycles. The van der Waals surface area contributed by atoms with Crippen LogP contribution in [0, 0.1) is 16.1 Å². The molecular formula is C13H10FN3O3. The van der Waals surface area contributed by atoms with Crippen LogP contribution in [-0.2, 0) is 11.2 Å². The summed E-state index contributed by atoms with van der Waals surface area (Å²) in [5, 5.41) is 13.2. The highest BCUT2D eigenvalue weighted by Gasteiger charge is 2.15. The molecule has 1 aromatic heterocycles. The van der Waals surface area contributed by atoms with E-state index in [1.165, 1.54) is 30.3 Å². The lowest BCUT2D eigenvalue weighted by atomic mass is 10.1. The van der Waals surface area contributed by atoms with Crippen molar-refractivity contribution in [2.24, 2.45) is 0 Å². The van der Waals surface area contributed by atoms with Crippen molar-refractivity contribution < 1.29 is 14.1 Å². The van der Waals surface area contributed by atoms with E-state index in [4.69, 9.17) is 0 Å². The van der Waals surface area contributed by atoms with Gasteiger partial charge in [-0.15, -0.1) is 0 Å². The van der Waals surface area contributed by atoms with Gasteiger partial charge in [0.25, 0.3) is 5.69 Å². The van der Waals surface area contributed by atoms with Gasteiger partial charge in [0, 0.05) is 11.6 Å². The zero-order valence-electron chi connectivity index (χ0n) is 10.2. The lowest BCUT2D eigenvalue weighted by Crippen LogP contribution is -2.16. The molecule has 0 unspecified atom stereocenters. The van der Waals surface area contributed by atoms with Crippen LogP contribution in [0.5, 0.6) is 0 Å². The summed E-state index contributed by atoms with van der Waals surface area (Å²) in [5.41, 5.74) is 0.154. The highest BCUT2D eigenvalue weighted by atomic mass is 19.1. The minimum absolute atomic E-state index is 0.0635. The van der Waals surface area contributed by atoms with Gasteiger partial charge in [-0.25, -0.2) is 4.98 Å². The predicted molar refractivity (Wildman–Crippen MR) is 69.6 cm³/mol. The molecule has 0 radical (unpaired) electrons. The first-order chi connectivity index (χ1) is 9.56. The summed E-state index contributed by atoms with van der Waals surface area (Å²) in [6.07, 6.45) is -0.185. The first-order valence-corrected chi connectivity index (χ1v) is 5.71. The number of amides is 1. The zero-order chi connectivity index (χ0) is 14.5. The van der Waals surface area contributed by atoms with Crippen LogP contribution in [0.2, 0.25) is 0 Å². The molecule has 1 amide bonds. The van der Waals surface area contributed by atoms with Crippen molar-refractivity contribution in [1.82, 2.24) is 4.98 Å². The Morgan fingerprint density at radius 3 is 2.70 bits per heavy atom. The molecular weight excluding hydrogens is 265 g/mol. The number of rotatable bonds is 4. The van der Waals surface area contributed by atoms with Crippen LogP contribution >= 0.6 is 0 Å². The van der Waals surface area contributed by atoms with Crippen molar-refractivity contribution >= 4 is 17.4 Å². The molecule has 0 atom stereocenters. The Labute approximate surface area is 113 Å². The molecule has 102 valence electrons. The molecule has 7 heteroatoms. The van der Waals surface area contributed by atoms with E-state index in [2.05, 4.69) is 10.3 Å². The number of halogens is 1. The second kappa shape index (κ2) is 5.87. The summed E-state index contributed by atoms with van der Waals surface area (Å²) < 4.78 is 12.9. The number of nitrogens with zero attached hydrogens (tertiary/aromatic N) is 2. The van der Waals surface area contributed by atoms with Crippen LogP contribution in [0.4, 0.5) is 15.9 Å². The van der Waals surface area contributed by atoms with E-state index in [1.807, 2.05) is 0 Å². The summed E-state index contributed by atoms with van der Waals surface area (Å²) in [5.74, 6) is -1.15. The number of aromatic nitrogens is 1. The van der Waals surface area contributed by atoms with Gasteiger partial charge < -0.3 is 5.32 Å². The summed E-state index contributed by atoms with van der Waals surface area (Å²) >= 11 is 0. The van der Waals surface area contributed by atoms with Gasteiger partial charge in [0.05, 0.1) is 11.3 Å². The second-order valence-electron chi connectivity index (χ2n) is 3.96. The monoisotopic (exact) mass is 275 g/mol. The van der Waals surface area contributed by atoms with E-state index in [0.29, 0.717) is 0 Å².